The fourth-order valence-electron chi connectivity index (χ4n) is 5.54. The number of benzene rings is 2. The zero-order valence-corrected chi connectivity index (χ0v) is 24.8. The minimum absolute atomic E-state index is 0.0542. The van der Waals surface area contributed by atoms with E-state index in [9.17, 15) is 23.2 Å². The summed E-state index contributed by atoms with van der Waals surface area (Å²) >= 11 is 11.4. The van der Waals surface area contributed by atoms with Gasteiger partial charge in [-0.2, -0.15) is 0 Å². The third-order valence-electron chi connectivity index (χ3n) is 7.87. The van der Waals surface area contributed by atoms with Crippen LogP contribution >= 0.6 is 23.2 Å². The van der Waals surface area contributed by atoms with Crippen molar-refractivity contribution >= 4 is 41.1 Å². The van der Waals surface area contributed by atoms with Crippen molar-refractivity contribution in [3.63, 3.8) is 0 Å². The Labute approximate surface area is 252 Å². The van der Waals surface area contributed by atoms with E-state index < -0.39 is 46.7 Å². The predicted octanol–water partition coefficient (Wildman–Crippen LogP) is 5.26. The summed E-state index contributed by atoms with van der Waals surface area (Å²) in [7, 11) is 0. The van der Waals surface area contributed by atoms with E-state index >= 15 is 0 Å². The number of carbonyl (C=O) groups excluding carboxylic acids is 3. The van der Waals surface area contributed by atoms with E-state index in [0.29, 0.717) is 38.8 Å². The van der Waals surface area contributed by atoms with E-state index in [-0.39, 0.29) is 41.2 Å². The number of hydrogen-bond acceptors (Lipinski definition) is 6. The van der Waals surface area contributed by atoms with Crippen LogP contribution in [0.15, 0.2) is 36.4 Å². The number of nitrogens with zero attached hydrogens (tertiary/aromatic N) is 1. The summed E-state index contributed by atoms with van der Waals surface area (Å²) in [6.45, 7) is 3.82. The average molecular weight is 629 g/mol. The zero-order chi connectivity index (χ0) is 30.5. The molecule has 1 atom stereocenters. The van der Waals surface area contributed by atoms with E-state index in [1.165, 1.54) is 29.2 Å². The van der Waals surface area contributed by atoms with Crippen LogP contribution in [0.3, 0.4) is 0 Å². The SMILES string of the molecule is CCN(CC)C(=O)OC1CC2(NC(=O)COc3ccc(Cl)c(F)c3)CCC1(NC(=O)COc1ccc(Cl)c(F)c1)CC2. The van der Waals surface area contributed by atoms with E-state index in [0.717, 1.165) is 12.1 Å². The minimum atomic E-state index is -0.877. The Hall–Kier alpha value is -3.31. The maximum atomic E-state index is 13.8. The van der Waals surface area contributed by atoms with Crippen LogP contribution < -0.4 is 20.1 Å². The summed E-state index contributed by atoms with van der Waals surface area (Å²) in [5.74, 6) is -1.90. The lowest BCUT2D eigenvalue weighted by atomic mass is 9.59. The molecule has 13 heteroatoms. The van der Waals surface area contributed by atoms with Gasteiger partial charge in [0.2, 0.25) is 0 Å². The molecule has 0 heterocycles. The molecule has 2 aromatic rings. The van der Waals surface area contributed by atoms with Gasteiger partial charge in [-0.05, 0) is 63.8 Å². The van der Waals surface area contributed by atoms with Crippen molar-refractivity contribution in [2.75, 3.05) is 26.3 Å². The highest BCUT2D eigenvalue weighted by atomic mass is 35.5. The molecule has 9 nitrogen and oxygen atoms in total. The molecule has 3 saturated carbocycles. The van der Waals surface area contributed by atoms with Gasteiger partial charge < -0.3 is 29.7 Å². The van der Waals surface area contributed by atoms with Crippen LogP contribution in [0, 0.1) is 11.6 Å². The number of rotatable bonds is 11. The largest absolute Gasteiger partial charge is 0.484 e. The molecule has 2 aromatic carbocycles. The van der Waals surface area contributed by atoms with Crippen LogP contribution in [0.25, 0.3) is 0 Å². The molecular formula is C29H33Cl2F2N3O6. The molecule has 3 fully saturated rings. The second-order valence-corrected chi connectivity index (χ2v) is 11.3. The van der Waals surface area contributed by atoms with Gasteiger partial charge in [0, 0.05) is 37.2 Å². The first-order chi connectivity index (χ1) is 20.0. The monoisotopic (exact) mass is 627 g/mol. The fraction of sp³-hybridized carbons (Fsp3) is 0.483. The van der Waals surface area contributed by atoms with Gasteiger partial charge in [-0.25, -0.2) is 13.6 Å². The summed E-state index contributed by atoms with van der Waals surface area (Å²) < 4.78 is 44.4. The van der Waals surface area contributed by atoms with Gasteiger partial charge in [0.25, 0.3) is 11.8 Å². The summed E-state index contributed by atoms with van der Waals surface area (Å²) in [5.41, 5.74) is -1.57. The lowest BCUT2D eigenvalue weighted by Crippen LogP contribution is -2.71. The van der Waals surface area contributed by atoms with Crippen LogP contribution in [0.2, 0.25) is 10.0 Å². The Morgan fingerprint density at radius 2 is 1.36 bits per heavy atom. The molecule has 3 aliphatic rings. The molecule has 3 aliphatic carbocycles. The van der Waals surface area contributed by atoms with Crippen LogP contribution in [-0.4, -0.2) is 66.3 Å². The Morgan fingerprint density at radius 3 is 1.83 bits per heavy atom. The first-order valence-electron chi connectivity index (χ1n) is 13.7. The molecule has 228 valence electrons. The Bertz CT molecular complexity index is 1320. The summed E-state index contributed by atoms with van der Waals surface area (Å²) in [6, 6.07) is 7.78. The van der Waals surface area contributed by atoms with E-state index in [1.807, 2.05) is 13.8 Å². The number of hydrogen-bond donors (Lipinski definition) is 2. The van der Waals surface area contributed by atoms with Crippen molar-refractivity contribution < 1.29 is 37.4 Å². The van der Waals surface area contributed by atoms with Crippen LogP contribution in [0.1, 0.15) is 46.0 Å². The van der Waals surface area contributed by atoms with Gasteiger partial charge in [0.15, 0.2) is 13.2 Å². The van der Waals surface area contributed by atoms with Crippen molar-refractivity contribution in [2.45, 2.75) is 63.1 Å². The third-order valence-corrected chi connectivity index (χ3v) is 8.48. The van der Waals surface area contributed by atoms with Crippen molar-refractivity contribution in [3.8, 4) is 11.5 Å². The van der Waals surface area contributed by atoms with Crippen molar-refractivity contribution in [2.24, 2.45) is 0 Å². The molecule has 1 unspecified atom stereocenters. The Kier molecular flexibility index (Phi) is 10.0. The standard InChI is InChI=1S/C29H33Cl2F2N3O6/c1-3-36(4-2)27(39)42-24-15-28(34-25(37)16-40-18-5-7-20(30)22(32)13-18)9-11-29(24,12-10-28)35-26(38)17-41-19-6-8-21(31)23(33)14-19/h5-8,13-14,24H,3-4,9-12,15-17H2,1-2H3,(H,34,37)(H,35,38). The van der Waals surface area contributed by atoms with Gasteiger partial charge in [-0.15, -0.1) is 0 Å². The summed E-state index contributed by atoms with van der Waals surface area (Å²) in [6.07, 6.45) is 0.881. The summed E-state index contributed by atoms with van der Waals surface area (Å²) in [5, 5.41) is 5.93. The van der Waals surface area contributed by atoms with Crippen molar-refractivity contribution in [1.29, 1.82) is 0 Å². The van der Waals surface area contributed by atoms with Crippen LogP contribution in [-0.2, 0) is 14.3 Å². The van der Waals surface area contributed by atoms with Gasteiger partial charge >= 0.3 is 6.09 Å². The zero-order valence-electron chi connectivity index (χ0n) is 23.3. The molecule has 2 bridgehead atoms. The molecule has 0 aliphatic heterocycles. The second-order valence-electron chi connectivity index (χ2n) is 10.5. The van der Waals surface area contributed by atoms with E-state index in [2.05, 4.69) is 10.6 Å². The Balaban J connectivity index is 1.43. The molecular weight excluding hydrogens is 595 g/mol. The van der Waals surface area contributed by atoms with Crippen molar-refractivity contribution in [3.05, 3.63) is 58.1 Å². The smallest absolute Gasteiger partial charge is 0.410 e. The van der Waals surface area contributed by atoms with Crippen LogP contribution in [0.5, 0.6) is 11.5 Å². The molecule has 0 radical (unpaired) electrons. The number of carbonyl (C=O) groups is 3. The van der Waals surface area contributed by atoms with Crippen LogP contribution in [0.4, 0.5) is 13.6 Å². The summed E-state index contributed by atoms with van der Waals surface area (Å²) in [4.78, 5) is 40.4. The maximum absolute atomic E-state index is 13.8. The molecule has 3 amide bonds. The molecule has 0 saturated heterocycles. The number of fused-ring (bicyclic) bond motifs is 3. The maximum Gasteiger partial charge on any atom is 0.410 e. The predicted molar refractivity (Wildman–Crippen MR) is 152 cm³/mol. The Morgan fingerprint density at radius 1 is 0.857 bits per heavy atom. The number of amides is 3. The molecule has 5 rings (SSSR count). The topological polar surface area (TPSA) is 106 Å². The quantitative estimate of drug-likeness (QED) is 0.352. The van der Waals surface area contributed by atoms with Crippen molar-refractivity contribution in [1.82, 2.24) is 15.5 Å². The average Bonchev–Trinajstić information content (AvgIpc) is 2.96. The number of nitrogens with one attached hydrogen (secondary N) is 2. The van der Waals surface area contributed by atoms with Gasteiger partial charge in [0.05, 0.1) is 15.6 Å². The lowest BCUT2D eigenvalue weighted by Gasteiger charge is -2.57. The highest BCUT2D eigenvalue weighted by molar-refractivity contribution is 6.31. The van der Waals surface area contributed by atoms with E-state index in [1.54, 1.807) is 0 Å². The molecule has 2 N–H and O–H groups in total. The minimum Gasteiger partial charge on any atom is -0.484 e. The normalized spacial score (nSPS) is 22.7. The fourth-order valence-corrected chi connectivity index (χ4v) is 5.78. The highest BCUT2D eigenvalue weighted by Crippen LogP contribution is 2.48. The first-order valence-corrected chi connectivity index (χ1v) is 14.5. The van der Waals surface area contributed by atoms with E-state index in [4.69, 9.17) is 37.4 Å². The molecule has 42 heavy (non-hydrogen) atoms. The molecule has 0 spiro atoms. The van der Waals surface area contributed by atoms with Gasteiger partial charge in [0.1, 0.15) is 29.2 Å². The number of halogens is 4. The van der Waals surface area contributed by atoms with Gasteiger partial charge in [-0.1, -0.05) is 23.2 Å². The number of ether oxygens (including phenoxy) is 3. The third kappa shape index (κ3) is 7.36. The second kappa shape index (κ2) is 13.3. The highest BCUT2D eigenvalue weighted by Gasteiger charge is 2.57. The molecule has 0 aromatic heterocycles. The first kappa shape index (κ1) is 31.6. The lowest BCUT2D eigenvalue weighted by molar-refractivity contribution is -0.137. The van der Waals surface area contributed by atoms with Gasteiger partial charge in [-0.3, -0.25) is 9.59 Å².